The Bertz CT molecular complexity index is 604. The highest BCUT2D eigenvalue weighted by atomic mass is 32.2. The van der Waals surface area contributed by atoms with Crippen LogP contribution in [0.2, 0.25) is 0 Å². The molecule has 1 aromatic carbocycles. The molecule has 0 aliphatic rings. The molecule has 1 unspecified atom stereocenters. The van der Waals surface area contributed by atoms with Crippen LogP contribution >= 0.6 is 0 Å². The fraction of sp³-hybridized carbons (Fsp3) is 0.385. The summed E-state index contributed by atoms with van der Waals surface area (Å²) in [5.74, 6) is -2.22. The molecule has 0 spiro atoms. The third kappa shape index (κ3) is 5.80. The monoisotopic (exact) mass is 333 g/mol. The van der Waals surface area contributed by atoms with Gasteiger partial charge in [-0.05, 0) is 31.0 Å². The molecule has 22 heavy (non-hydrogen) atoms. The zero-order valence-corrected chi connectivity index (χ0v) is 13.0. The van der Waals surface area contributed by atoms with Crippen LogP contribution in [-0.2, 0) is 10.1 Å². The second-order valence-electron chi connectivity index (χ2n) is 4.37. The highest BCUT2D eigenvalue weighted by Gasteiger charge is 2.17. The minimum absolute atomic E-state index is 0.0185. The van der Waals surface area contributed by atoms with E-state index in [1.807, 2.05) is 0 Å². The molecule has 0 radical (unpaired) electrons. The van der Waals surface area contributed by atoms with Crippen LogP contribution in [0.25, 0.3) is 0 Å². The molecule has 0 fully saturated rings. The molecule has 0 bridgehead atoms. The molecule has 1 aromatic rings. The van der Waals surface area contributed by atoms with Crippen molar-refractivity contribution in [3.8, 4) is 0 Å². The molecule has 0 saturated heterocycles. The van der Waals surface area contributed by atoms with Gasteiger partial charge in [-0.1, -0.05) is 13.0 Å². The van der Waals surface area contributed by atoms with Crippen molar-refractivity contribution in [1.29, 1.82) is 0 Å². The van der Waals surface area contributed by atoms with E-state index in [-0.39, 0.29) is 23.2 Å². The van der Waals surface area contributed by atoms with Gasteiger partial charge in [-0.15, -0.1) is 0 Å². The molecule has 0 amide bonds. The summed E-state index contributed by atoms with van der Waals surface area (Å²) in [5.41, 5.74) is 5.37. The number of rotatable bonds is 5. The van der Waals surface area contributed by atoms with Crippen molar-refractivity contribution in [2.75, 3.05) is 6.54 Å². The van der Waals surface area contributed by atoms with Crippen molar-refractivity contribution in [3.63, 3.8) is 0 Å². The average Bonchev–Trinajstić information content (AvgIpc) is 2.38. The zero-order chi connectivity index (χ0) is 17.5. The lowest BCUT2D eigenvalue weighted by atomic mass is 10.0. The van der Waals surface area contributed by atoms with Crippen LogP contribution in [0.15, 0.2) is 18.2 Å². The van der Waals surface area contributed by atoms with E-state index in [4.69, 9.17) is 20.5 Å². The molecule has 0 saturated carbocycles. The molecular formula is C13H19NO7S. The van der Waals surface area contributed by atoms with E-state index >= 15 is 0 Å². The predicted molar refractivity (Wildman–Crippen MR) is 79.8 cm³/mol. The summed E-state index contributed by atoms with van der Waals surface area (Å²) in [6, 6.07) is 4.17. The Hall–Kier alpha value is -1.97. The van der Waals surface area contributed by atoms with E-state index in [0.29, 0.717) is 6.42 Å². The average molecular weight is 333 g/mol. The number of hydrogen-bond acceptors (Lipinski definition) is 5. The third-order valence-electron chi connectivity index (χ3n) is 2.93. The van der Waals surface area contributed by atoms with Gasteiger partial charge in [0.1, 0.15) is 0 Å². The summed E-state index contributed by atoms with van der Waals surface area (Å²) in [5, 5.41) is 16.6. The summed E-state index contributed by atoms with van der Waals surface area (Å²) in [6.45, 7) is 3.12. The lowest BCUT2D eigenvalue weighted by Crippen LogP contribution is -2.28. The Morgan fingerprint density at radius 2 is 1.59 bits per heavy atom. The molecule has 1 atom stereocenters. The van der Waals surface area contributed by atoms with E-state index in [9.17, 15) is 18.0 Å². The zero-order valence-electron chi connectivity index (χ0n) is 12.2. The van der Waals surface area contributed by atoms with Crippen LogP contribution in [0, 0.1) is 6.92 Å². The summed E-state index contributed by atoms with van der Waals surface area (Å²) in [6.07, 6.45) is 0.356. The molecule has 1 rings (SSSR count). The van der Waals surface area contributed by atoms with Crippen LogP contribution in [0.5, 0.6) is 0 Å². The normalized spacial score (nSPS) is 12.0. The van der Waals surface area contributed by atoms with Crippen molar-refractivity contribution in [2.45, 2.75) is 25.5 Å². The van der Waals surface area contributed by atoms with Gasteiger partial charge in [-0.25, -0.2) is 9.59 Å². The lowest BCUT2D eigenvalue weighted by molar-refractivity contribution is 0.0696. The maximum Gasteiger partial charge on any atom is 0.335 e. The highest BCUT2D eigenvalue weighted by Crippen LogP contribution is 2.13. The maximum absolute atomic E-state index is 10.6. The Kier molecular flexibility index (Phi) is 7.71. The first-order chi connectivity index (χ1) is 10.1. The van der Waals surface area contributed by atoms with Gasteiger partial charge < -0.3 is 15.9 Å². The Morgan fingerprint density at radius 3 is 1.77 bits per heavy atom. The lowest BCUT2D eigenvalue weighted by Gasteiger charge is -2.05. The van der Waals surface area contributed by atoms with Crippen molar-refractivity contribution in [1.82, 2.24) is 0 Å². The second kappa shape index (κ2) is 8.47. The predicted octanol–water partition coefficient (Wildman–Crippen LogP) is 1.00. The Morgan fingerprint density at radius 1 is 1.18 bits per heavy atom. The number of hydrogen-bond donors (Lipinski definition) is 4. The highest BCUT2D eigenvalue weighted by molar-refractivity contribution is 7.86. The van der Waals surface area contributed by atoms with Gasteiger partial charge >= 0.3 is 11.9 Å². The fourth-order valence-corrected chi connectivity index (χ4v) is 2.26. The topological polar surface area (TPSA) is 155 Å². The maximum atomic E-state index is 10.6. The minimum atomic E-state index is -3.89. The van der Waals surface area contributed by atoms with E-state index in [0.717, 1.165) is 0 Å². The number of benzene rings is 1. The SMILES string of the molecule is CCC(CN)S(=O)(=O)O.Cc1c(C(=O)O)cccc1C(=O)O. The second-order valence-corrected chi connectivity index (χ2v) is 6.07. The Labute approximate surface area is 128 Å². The van der Waals surface area contributed by atoms with Crippen LogP contribution in [0.1, 0.15) is 39.6 Å². The van der Waals surface area contributed by atoms with Gasteiger partial charge in [0, 0.05) is 6.54 Å². The number of carboxylic acid groups (broad SMARTS) is 2. The molecule has 0 aromatic heterocycles. The summed E-state index contributed by atoms with van der Waals surface area (Å²) in [4.78, 5) is 21.2. The van der Waals surface area contributed by atoms with Crippen molar-refractivity contribution in [3.05, 3.63) is 34.9 Å². The summed E-state index contributed by atoms with van der Waals surface area (Å²) in [7, 11) is -3.89. The molecule has 9 heteroatoms. The number of nitrogens with two attached hydrogens (primary N) is 1. The molecule has 0 aliphatic heterocycles. The van der Waals surface area contributed by atoms with Gasteiger partial charge in [-0.2, -0.15) is 8.42 Å². The summed E-state index contributed by atoms with van der Waals surface area (Å²) < 4.78 is 28.9. The van der Waals surface area contributed by atoms with Crippen LogP contribution in [0.4, 0.5) is 0 Å². The minimum Gasteiger partial charge on any atom is -0.478 e. The Balaban J connectivity index is 0.000000433. The van der Waals surface area contributed by atoms with Crippen LogP contribution < -0.4 is 5.73 Å². The first kappa shape index (κ1) is 20.0. The van der Waals surface area contributed by atoms with Gasteiger partial charge in [0.2, 0.25) is 0 Å². The fourth-order valence-electron chi connectivity index (χ4n) is 1.60. The van der Waals surface area contributed by atoms with Crippen molar-refractivity contribution in [2.24, 2.45) is 5.73 Å². The summed E-state index contributed by atoms with van der Waals surface area (Å²) >= 11 is 0. The quantitative estimate of drug-likeness (QED) is 0.582. The third-order valence-corrected chi connectivity index (χ3v) is 4.30. The van der Waals surface area contributed by atoms with Gasteiger partial charge in [0.05, 0.1) is 16.4 Å². The van der Waals surface area contributed by atoms with Gasteiger partial charge in [0.25, 0.3) is 10.1 Å². The molecule has 124 valence electrons. The molecule has 8 nitrogen and oxygen atoms in total. The standard InChI is InChI=1S/C9H8O4.C4H11NO3S/c1-5-6(8(10)11)3-2-4-7(5)9(12)13;1-2-4(3-5)9(6,7)8/h2-4H,1H3,(H,10,11)(H,12,13);4H,2-3,5H2,1H3,(H,6,7,8). The first-order valence-electron chi connectivity index (χ1n) is 6.28. The van der Waals surface area contributed by atoms with Gasteiger partial charge in [0.15, 0.2) is 0 Å². The molecule has 0 aliphatic carbocycles. The van der Waals surface area contributed by atoms with E-state index in [2.05, 4.69) is 0 Å². The van der Waals surface area contributed by atoms with Gasteiger partial charge in [-0.3, -0.25) is 4.55 Å². The molecule has 0 heterocycles. The number of aromatic carboxylic acids is 2. The number of carboxylic acids is 2. The molecule has 5 N–H and O–H groups in total. The first-order valence-corrected chi connectivity index (χ1v) is 7.79. The number of carbonyl (C=O) groups is 2. The van der Waals surface area contributed by atoms with Crippen LogP contribution in [-0.4, -0.2) is 46.9 Å². The smallest absolute Gasteiger partial charge is 0.335 e. The van der Waals surface area contributed by atoms with E-state index < -0.39 is 27.3 Å². The van der Waals surface area contributed by atoms with Crippen molar-refractivity contribution < 1.29 is 32.8 Å². The van der Waals surface area contributed by atoms with E-state index in [1.165, 1.54) is 25.1 Å². The van der Waals surface area contributed by atoms with Crippen molar-refractivity contribution >= 4 is 22.1 Å². The largest absolute Gasteiger partial charge is 0.478 e. The molecular weight excluding hydrogens is 314 g/mol. The van der Waals surface area contributed by atoms with Crippen LogP contribution in [0.3, 0.4) is 0 Å². The van der Waals surface area contributed by atoms with E-state index in [1.54, 1.807) is 6.92 Å².